The largest absolute Gasteiger partial charge is 0.397 e. The van der Waals surface area contributed by atoms with Gasteiger partial charge in [-0.25, -0.2) is 8.37 Å². The monoisotopic (exact) mass is 664 g/mol. The van der Waals surface area contributed by atoms with E-state index in [0.29, 0.717) is 0 Å². The lowest BCUT2D eigenvalue weighted by molar-refractivity contribution is -0.375. The first-order valence-corrected chi connectivity index (χ1v) is 14.6. The van der Waals surface area contributed by atoms with Crippen LogP contribution in [-0.4, -0.2) is 184 Å². The zero-order valence-corrected chi connectivity index (χ0v) is 22.6. The predicted molar refractivity (Wildman–Crippen MR) is 122 cm³/mol. The van der Waals surface area contributed by atoms with Crippen LogP contribution in [-0.2, 0) is 52.8 Å². The third kappa shape index (κ3) is 8.46. The lowest BCUT2D eigenvalue weighted by atomic mass is 9.96. The van der Waals surface area contributed by atoms with Crippen molar-refractivity contribution in [1.82, 2.24) is 0 Å². The average Bonchev–Trinajstić information content (AvgIpc) is 2.89. The van der Waals surface area contributed by atoms with E-state index in [4.69, 9.17) is 28.2 Å². The summed E-state index contributed by atoms with van der Waals surface area (Å²) in [4.78, 5) is 0. The lowest BCUT2D eigenvalue weighted by Gasteiger charge is -2.48. The molecule has 3 fully saturated rings. The molecule has 0 aliphatic carbocycles. The summed E-state index contributed by atoms with van der Waals surface area (Å²) in [7, 11) is -10.7. The Kier molecular flexibility index (Phi) is 12.0. The minimum atomic E-state index is -5.50. The molecule has 1 unspecified atom stereocenters. The van der Waals surface area contributed by atoms with Crippen LogP contribution in [0.15, 0.2) is 0 Å². The second kappa shape index (κ2) is 14.1. The van der Waals surface area contributed by atoms with Gasteiger partial charge in [0.2, 0.25) is 0 Å². The third-order valence-corrected chi connectivity index (χ3v) is 7.40. The van der Waals surface area contributed by atoms with Gasteiger partial charge < -0.3 is 69.6 Å². The van der Waals surface area contributed by atoms with Crippen molar-refractivity contribution in [2.45, 2.75) is 92.1 Å². The number of hydrogen-bond donors (Lipinski definition) is 11. The predicted octanol–water partition coefficient (Wildman–Crippen LogP) is -7.92. The Labute approximate surface area is 237 Å². The molecule has 3 rings (SSSR count). The summed E-state index contributed by atoms with van der Waals surface area (Å²) >= 11 is 0. The van der Waals surface area contributed by atoms with Gasteiger partial charge in [-0.15, -0.1) is 0 Å². The standard InChI is InChI=1S/C18H32O22S2/c19-1-4-7(21)9(23)10(24)17(36-4)38-13-6(3-34-41(28,29)30)37-18(15(11(13)25)40-42(31,32)33)39-14-8(22)5(2-20)35-16(27)12(14)26/h4-27H,1-3H2,(H,28,29,30)(H,31,32,33)/t4-,5-,6-,7+,8+,9+,10-,11+,12-,13+,14+,15-,16?,17+,18-/m1/s1. The van der Waals surface area contributed by atoms with Crippen LogP contribution < -0.4 is 0 Å². The molecule has 42 heavy (non-hydrogen) atoms. The summed E-state index contributed by atoms with van der Waals surface area (Å²) in [5.41, 5.74) is 0. The third-order valence-electron chi connectivity index (χ3n) is 6.50. The van der Waals surface area contributed by atoms with Crippen LogP contribution in [0.2, 0.25) is 0 Å². The first-order valence-electron chi connectivity index (χ1n) is 11.9. The van der Waals surface area contributed by atoms with Crippen molar-refractivity contribution in [2.75, 3.05) is 19.8 Å². The Balaban J connectivity index is 1.97. The maximum atomic E-state index is 11.6. The van der Waals surface area contributed by atoms with E-state index in [1.54, 1.807) is 0 Å². The van der Waals surface area contributed by atoms with Crippen LogP contribution >= 0.6 is 0 Å². The summed E-state index contributed by atoms with van der Waals surface area (Å²) in [6.07, 6.45) is -30.6. The maximum absolute atomic E-state index is 11.6. The van der Waals surface area contributed by atoms with E-state index in [0.717, 1.165) is 0 Å². The van der Waals surface area contributed by atoms with E-state index < -0.39 is 133 Å². The highest BCUT2D eigenvalue weighted by atomic mass is 32.3. The van der Waals surface area contributed by atoms with Crippen molar-refractivity contribution in [3.8, 4) is 0 Å². The summed E-state index contributed by atoms with van der Waals surface area (Å²) in [5, 5.41) is 90.7. The van der Waals surface area contributed by atoms with Gasteiger partial charge in [0.25, 0.3) is 0 Å². The molecule has 0 bridgehead atoms. The highest BCUT2D eigenvalue weighted by Crippen LogP contribution is 2.34. The van der Waals surface area contributed by atoms with Crippen LogP contribution in [0, 0.1) is 0 Å². The molecule has 248 valence electrons. The molecular weight excluding hydrogens is 632 g/mol. The summed E-state index contributed by atoms with van der Waals surface area (Å²) in [5.74, 6) is 0. The van der Waals surface area contributed by atoms with Gasteiger partial charge in [-0.3, -0.25) is 9.11 Å². The first kappa shape index (κ1) is 35.7. The van der Waals surface area contributed by atoms with Crippen LogP contribution in [0.4, 0.5) is 0 Å². The molecule has 3 heterocycles. The molecule has 11 N–H and O–H groups in total. The fraction of sp³-hybridized carbons (Fsp3) is 1.00. The molecule has 24 heteroatoms. The smallest absolute Gasteiger partial charge is 0.394 e. The fourth-order valence-electron chi connectivity index (χ4n) is 4.42. The molecule has 22 nitrogen and oxygen atoms in total. The molecule has 0 aromatic heterocycles. The molecular formula is C18H32O22S2. The highest BCUT2D eigenvalue weighted by molar-refractivity contribution is 7.81. The first-order chi connectivity index (χ1) is 19.4. The summed E-state index contributed by atoms with van der Waals surface area (Å²) < 4.78 is 98.7. The van der Waals surface area contributed by atoms with Gasteiger partial charge in [-0.1, -0.05) is 0 Å². The van der Waals surface area contributed by atoms with E-state index in [-0.39, 0.29) is 0 Å². The van der Waals surface area contributed by atoms with E-state index >= 15 is 0 Å². The Morgan fingerprint density at radius 2 is 1.10 bits per heavy atom. The van der Waals surface area contributed by atoms with Crippen molar-refractivity contribution in [3.63, 3.8) is 0 Å². The van der Waals surface area contributed by atoms with Gasteiger partial charge >= 0.3 is 20.8 Å². The van der Waals surface area contributed by atoms with Crippen LogP contribution in [0.3, 0.4) is 0 Å². The van der Waals surface area contributed by atoms with Crippen molar-refractivity contribution >= 4 is 20.8 Å². The van der Waals surface area contributed by atoms with E-state index in [9.17, 15) is 67.3 Å². The second-order valence-electron chi connectivity index (χ2n) is 9.36. The molecule has 3 aliphatic heterocycles. The maximum Gasteiger partial charge on any atom is 0.397 e. The van der Waals surface area contributed by atoms with E-state index in [1.807, 2.05) is 0 Å². The Morgan fingerprint density at radius 3 is 1.64 bits per heavy atom. The van der Waals surface area contributed by atoms with Crippen LogP contribution in [0.25, 0.3) is 0 Å². The average molecular weight is 665 g/mol. The Morgan fingerprint density at radius 1 is 0.548 bits per heavy atom. The second-order valence-corrected chi connectivity index (χ2v) is 11.5. The SMILES string of the molecule is O=S(=O)(O)OC[C@H]1O[C@H](O[C@H]2[C@@H](O)[C@@H](CO)OC(O)[C@@H]2O)[C@H](OS(=O)(=O)O)[C@@H](O)[C@H]1O[C@@H]1O[C@H](CO)[C@H](O)[C@H](O)[C@H]1O. The minimum Gasteiger partial charge on any atom is -0.394 e. The number of hydrogen-bond acceptors (Lipinski definition) is 20. The molecule has 0 amide bonds. The number of aliphatic hydroxyl groups is 9. The summed E-state index contributed by atoms with van der Waals surface area (Å²) in [6, 6.07) is 0. The number of aliphatic hydroxyl groups excluding tert-OH is 9. The molecule has 0 saturated carbocycles. The van der Waals surface area contributed by atoms with Crippen molar-refractivity contribution < 1.29 is 104 Å². The quantitative estimate of drug-likeness (QED) is 0.0913. The minimum absolute atomic E-state index is 0.926. The Bertz CT molecular complexity index is 1080. The van der Waals surface area contributed by atoms with Gasteiger partial charge in [0.1, 0.15) is 67.1 Å². The van der Waals surface area contributed by atoms with Crippen molar-refractivity contribution in [3.05, 3.63) is 0 Å². The van der Waals surface area contributed by atoms with E-state index in [2.05, 4.69) is 8.37 Å². The highest BCUT2D eigenvalue weighted by Gasteiger charge is 2.55. The van der Waals surface area contributed by atoms with Crippen LogP contribution in [0.5, 0.6) is 0 Å². The van der Waals surface area contributed by atoms with Crippen molar-refractivity contribution in [2.24, 2.45) is 0 Å². The molecule has 0 radical (unpaired) electrons. The molecule has 0 spiro atoms. The van der Waals surface area contributed by atoms with Crippen molar-refractivity contribution in [1.29, 1.82) is 0 Å². The zero-order chi connectivity index (χ0) is 31.7. The van der Waals surface area contributed by atoms with Gasteiger partial charge in [0.15, 0.2) is 25.0 Å². The lowest BCUT2D eigenvalue weighted by Crippen LogP contribution is -2.67. The van der Waals surface area contributed by atoms with Gasteiger partial charge in [-0.05, 0) is 0 Å². The normalized spacial score (nSPS) is 45.5. The Hall–Kier alpha value is -0.820. The zero-order valence-electron chi connectivity index (χ0n) is 21.0. The molecule has 3 aliphatic rings. The van der Waals surface area contributed by atoms with Crippen LogP contribution in [0.1, 0.15) is 0 Å². The molecule has 3 saturated heterocycles. The van der Waals surface area contributed by atoms with Gasteiger partial charge in [0, 0.05) is 0 Å². The van der Waals surface area contributed by atoms with Gasteiger partial charge in [-0.2, -0.15) is 16.8 Å². The topological polar surface area (TPSA) is 355 Å². The molecule has 0 aromatic rings. The van der Waals surface area contributed by atoms with E-state index in [1.165, 1.54) is 0 Å². The number of ether oxygens (including phenoxy) is 5. The number of rotatable bonds is 11. The molecule has 15 atom stereocenters. The fourth-order valence-corrected chi connectivity index (χ4v) is 5.21. The molecule has 0 aromatic carbocycles. The summed E-state index contributed by atoms with van der Waals surface area (Å²) in [6.45, 7) is -3.12. The van der Waals surface area contributed by atoms with Gasteiger partial charge in [0.05, 0.1) is 19.8 Å².